The third kappa shape index (κ3) is 3.10. The second-order valence-electron chi connectivity index (χ2n) is 5.15. The number of anilines is 2. The maximum atomic E-state index is 9.29. The number of rotatable bonds is 5. The van der Waals surface area contributed by atoms with Gasteiger partial charge in [-0.2, -0.15) is 0 Å². The van der Waals surface area contributed by atoms with E-state index in [9.17, 15) is 5.11 Å². The van der Waals surface area contributed by atoms with Gasteiger partial charge in [-0.25, -0.2) is 9.97 Å². The molecule has 100 valence electrons. The summed E-state index contributed by atoms with van der Waals surface area (Å²) in [6, 6.07) is 2.27. The zero-order valence-electron chi connectivity index (χ0n) is 11.3. The molecule has 1 heterocycles. The lowest BCUT2D eigenvalue weighted by Gasteiger charge is -2.32. The molecule has 0 spiro atoms. The third-order valence-corrected chi connectivity index (χ3v) is 3.08. The van der Waals surface area contributed by atoms with Gasteiger partial charge >= 0.3 is 0 Å². The maximum Gasteiger partial charge on any atom is 0.135 e. The van der Waals surface area contributed by atoms with E-state index in [0.717, 1.165) is 36.8 Å². The Kier molecular flexibility index (Phi) is 4.01. The van der Waals surface area contributed by atoms with Crippen molar-refractivity contribution in [1.82, 2.24) is 9.97 Å². The number of hydrogen-bond donors (Lipinski definition) is 3. The van der Waals surface area contributed by atoms with Gasteiger partial charge in [0.25, 0.3) is 0 Å². The molecule has 18 heavy (non-hydrogen) atoms. The lowest BCUT2D eigenvalue weighted by Crippen LogP contribution is -2.39. The lowest BCUT2D eigenvalue weighted by atomic mass is 9.89. The molecule has 0 saturated heterocycles. The van der Waals surface area contributed by atoms with E-state index >= 15 is 0 Å². The van der Waals surface area contributed by atoms with Crippen LogP contribution in [0.5, 0.6) is 0 Å². The van der Waals surface area contributed by atoms with Crippen molar-refractivity contribution in [2.24, 2.45) is 0 Å². The van der Waals surface area contributed by atoms with Crippen LogP contribution in [0.25, 0.3) is 0 Å². The van der Waals surface area contributed by atoms with Gasteiger partial charge in [0.2, 0.25) is 0 Å². The Hall–Kier alpha value is -1.36. The highest BCUT2D eigenvalue weighted by atomic mass is 16.3. The number of aliphatic hydroxyl groups is 1. The van der Waals surface area contributed by atoms with E-state index in [4.69, 9.17) is 0 Å². The lowest BCUT2D eigenvalue weighted by molar-refractivity contribution is 0.0835. The monoisotopic (exact) mass is 250 g/mol. The van der Waals surface area contributed by atoms with Crippen LogP contribution in [0.3, 0.4) is 0 Å². The zero-order chi connectivity index (χ0) is 13.1. The van der Waals surface area contributed by atoms with Gasteiger partial charge in [-0.05, 0) is 19.8 Å². The summed E-state index contributed by atoms with van der Waals surface area (Å²) in [6.45, 7) is 7.06. The molecular weight excluding hydrogens is 228 g/mol. The predicted octanol–water partition coefficient (Wildman–Crippen LogP) is 1.97. The van der Waals surface area contributed by atoms with E-state index in [1.165, 1.54) is 0 Å². The summed E-state index contributed by atoms with van der Waals surface area (Å²) in [5, 5.41) is 15.9. The van der Waals surface area contributed by atoms with Crippen LogP contribution in [0.2, 0.25) is 0 Å². The van der Waals surface area contributed by atoms with Crippen molar-refractivity contribution in [3.63, 3.8) is 0 Å². The van der Waals surface area contributed by atoms with Crippen LogP contribution in [0.15, 0.2) is 6.07 Å². The van der Waals surface area contributed by atoms with Crippen LogP contribution in [0.1, 0.15) is 45.4 Å². The van der Waals surface area contributed by atoms with E-state index in [1.807, 2.05) is 13.0 Å². The topological polar surface area (TPSA) is 70.1 Å². The van der Waals surface area contributed by atoms with Gasteiger partial charge < -0.3 is 15.7 Å². The van der Waals surface area contributed by atoms with E-state index in [-0.39, 0.29) is 6.10 Å². The Morgan fingerprint density at radius 3 is 2.56 bits per heavy atom. The molecule has 0 unspecified atom stereocenters. The molecular formula is C13H22N4O. The Labute approximate surface area is 108 Å². The standard InChI is InChI=1S/C13H22N4O/c1-4-14-11-7-12(15-9-5-10(18)6-9)17-13(16-11)8(2)3/h7-10,18H,4-6H2,1-3H3,(H2,14,15,16,17). The molecule has 3 N–H and O–H groups in total. The summed E-state index contributed by atoms with van der Waals surface area (Å²) in [4.78, 5) is 9.00. The molecule has 5 nitrogen and oxygen atoms in total. The van der Waals surface area contributed by atoms with Crippen LogP contribution >= 0.6 is 0 Å². The van der Waals surface area contributed by atoms with Crippen molar-refractivity contribution in [1.29, 1.82) is 0 Å². The molecule has 0 bridgehead atoms. The largest absolute Gasteiger partial charge is 0.393 e. The first-order valence-corrected chi connectivity index (χ1v) is 6.66. The maximum absolute atomic E-state index is 9.29. The minimum atomic E-state index is -0.151. The van der Waals surface area contributed by atoms with Crippen LogP contribution in [-0.4, -0.2) is 33.8 Å². The molecule has 0 atom stereocenters. The minimum Gasteiger partial charge on any atom is -0.393 e. The molecule has 1 aliphatic carbocycles. The van der Waals surface area contributed by atoms with Crippen molar-refractivity contribution in [3.8, 4) is 0 Å². The van der Waals surface area contributed by atoms with Gasteiger partial charge in [0.05, 0.1) is 6.10 Å². The fourth-order valence-electron chi connectivity index (χ4n) is 1.98. The van der Waals surface area contributed by atoms with Crippen LogP contribution in [0, 0.1) is 0 Å². The summed E-state index contributed by atoms with van der Waals surface area (Å²) < 4.78 is 0. The van der Waals surface area contributed by atoms with Gasteiger partial charge in [-0.3, -0.25) is 0 Å². The smallest absolute Gasteiger partial charge is 0.135 e. The quantitative estimate of drug-likeness (QED) is 0.745. The normalized spacial score (nSPS) is 22.7. The summed E-state index contributed by atoms with van der Waals surface area (Å²) in [7, 11) is 0. The van der Waals surface area contributed by atoms with Gasteiger partial charge in [0.1, 0.15) is 17.5 Å². The van der Waals surface area contributed by atoms with Crippen molar-refractivity contribution in [3.05, 3.63) is 11.9 Å². The van der Waals surface area contributed by atoms with Gasteiger partial charge in [0.15, 0.2) is 0 Å². The number of aliphatic hydroxyl groups excluding tert-OH is 1. The number of nitrogens with zero attached hydrogens (tertiary/aromatic N) is 2. The average molecular weight is 250 g/mol. The molecule has 0 aromatic carbocycles. The summed E-state index contributed by atoms with van der Waals surface area (Å²) in [5.74, 6) is 2.85. The Morgan fingerprint density at radius 2 is 2.00 bits per heavy atom. The van der Waals surface area contributed by atoms with Crippen molar-refractivity contribution >= 4 is 11.6 Å². The Bertz CT molecular complexity index is 402. The molecule has 5 heteroatoms. The van der Waals surface area contributed by atoms with Crippen molar-refractivity contribution < 1.29 is 5.11 Å². The van der Waals surface area contributed by atoms with Crippen LogP contribution in [0.4, 0.5) is 11.6 Å². The summed E-state index contributed by atoms with van der Waals surface area (Å²) in [6.07, 6.45) is 1.46. The minimum absolute atomic E-state index is 0.151. The first-order valence-electron chi connectivity index (χ1n) is 6.66. The zero-order valence-corrected chi connectivity index (χ0v) is 11.3. The van der Waals surface area contributed by atoms with Gasteiger partial charge in [0, 0.05) is 24.6 Å². The fourth-order valence-corrected chi connectivity index (χ4v) is 1.98. The Balaban J connectivity index is 2.12. The third-order valence-electron chi connectivity index (χ3n) is 3.08. The highest BCUT2D eigenvalue weighted by molar-refractivity contribution is 5.48. The molecule has 1 aromatic heterocycles. The summed E-state index contributed by atoms with van der Waals surface area (Å²) >= 11 is 0. The van der Waals surface area contributed by atoms with E-state index in [0.29, 0.717) is 12.0 Å². The molecule has 1 aromatic rings. The fraction of sp³-hybridized carbons (Fsp3) is 0.692. The molecule has 0 aliphatic heterocycles. The van der Waals surface area contributed by atoms with E-state index in [1.54, 1.807) is 0 Å². The summed E-state index contributed by atoms with van der Waals surface area (Å²) in [5.41, 5.74) is 0. The second kappa shape index (κ2) is 5.52. The number of hydrogen-bond acceptors (Lipinski definition) is 5. The molecule has 0 radical (unpaired) electrons. The molecule has 1 fully saturated rings. The second-order valence-corrected chi connectivity index (χ2v) is 5.15. The number of nitrogens with one attached hydrogen (secondary N) is 2. The van der Waals surface area contributed by atoms with Gasteiger partial charge in [-0.15, -0.1) is 0 Å². The van der Waals surface area contributed by atoms with Crippen LogP contribution < -0.4 is 10.6 Å². The highest BCUT2D eigenvalue weighted by Crippen LogP contribution is 2.25. The van der Waals surface area contributed by atoms with Gasteiger partial charge in [-0.1, -0.05) is 13.8 Å². The molecule has 1 aliphatic rings. The highest BCUT2D eigenvalue weighted by Gasteiger charge is 2.27. The Morgan fingerprint density at radius 1 is 1.33 bits per heavy atom. The first-order chi connectivity index (χ1) is 8.58. The molecule has 0 amide bonds. The van der Waals surface area contributed by atoms with E-state index in [2.05, 4.69) is 34.4 Å². The van der Waals surface area contributed by atoms with Crippen LogP contribution in [-0.2, 0) is 0 Å². The number of aromatic nitrogens is 2. The van der Waals surface area contributed by atoms with Crippen molar-refractivity contribution in [2.75, 3.05) is 17.2 Å². The first kappa shape index (κ1) is 13.1. The molecule has 2 rings (SSSR count). The average Bonchev–Trinajstić information content (AvgIpc) is 2.27. The van der Waals surface area contributed by atoms with Crippen molar-refractivity contribution in [2.45, 2.75) is 51.7 Å². The predicted molar refractivity (Wildman–Crippen MR) is 72.9 cm³/mol. The molecule has 1 saturated carbocycles. The van der Waals surface area contributed by atoms with E-state index < -0.39 is 0 Å². The SMILES string of the molecule is CCNc1cc(NC2CC(O)C2)nc(C(C)C)n1.